The molecule has 2 heterocycles. The molecule has 0 bridgehead atoms. The van der Waals surface area contributed by atoms with Crippen molar-refractivity contribution in [2.75, 3.05) is 5.32 Å². The van der Waals surface area contributed by atoms with Gasteiger partial charge in [0, 0.05) is 5.02 Å². The van der Waals surface area contributed by atoms with Crippen LogP contribution in [0.1, 0.15) is 26.7 Å². The fraction of sp³-hybridized carbons (Fsp3) is 0.0588. The lowest BCUT2D eigenvalue weighted by Crippen LogP contribution is -2.24. The van der Waals surface area contributed by atoms with Crippen molar-refractivity contribution in [2.45, 2.75) is 6.54 Å². The molecular formula is C17H13ClN2O4. The molecule has 0 unspecified atom stereocenters. The normalized spacial score (nSPS) is 10.4. The third-order valence-electron chi connectivity index (χ3n) is 3.22. The van der Waals surface area contributed by atoms with Crippen LogP contribution in [0.4, 0.5) is 5.69 Å². The van der Waals surface area contributed by atoms with Gasteiger partial charge in [-0.1, -0.05) is 11.6 Å². The van der Waals surface area contributed by atoms with Gasteiger partial charge in [0.2, 0.25) is 0 Å². The fourth-order valence-corrected chi connectivity index (χ4v) is 2.25. The van der Waals surface area contributed by atoms with Gasteiger partial charge in [0.1, 0.15) is 5.76 Å². The van der Waals surface area contributed by atoms with Gasteiger partial charge in [-0.2, -0.15) is 0 Å². The van der Waals surface area contributed by atoms with Crippen molar-refractivity contribution in [3.8, 4) is 0 Å². The molecular weight excluding hydrogens is 332 g/mol. The third kappa shape index (κ3) is 3.67. The summed E-state index contributed by atoms with van der Waals surface area (Å²) < 4.78 is 10.2. The SMILES string of the molecule is O=C(Nc1ccc(Cl)cc1C(=O)NCc1ccco1)c1ccco1. The number of carbonyl (C=O) groups is 2. The van der Waals surface area contributed by atoms with E-state index in [1.165, 1.54) is 24.7 Å². The number of amides is 2. The summed E-state index contributed by atoms with van der Waals surface area (Å²) in [7, 11) is 0. The lowest BCUT2D eigenvalue weighted by molar-refractivity contribution is 0.0949. The third-order valence-corrected chi connectivity index (χ3v) is 3.46. The van der Waals surface area contributed by atoms with Gasteiger partial charge in [0.05, 0.1) is 30.3 Å². The summed E-state index contributed by atoms with van der Waals surface area (Å²) in [5.74, 6) is -0.0792. The molecule has 0 saturated carbocycles. The van der Waals surface area contributed by atoms with Crippen molar-refractivity contribution in [1.29, 1.82) is 0 Å². The lowest BCUT2D eigenvalue weighted by Gasteiger charge is -2.11. The summed E-state index contributed by atoms with van der Waals surface area (Å²) in [6, 6.07) is 11.2. The summed E-state index contributed by atoms with van der Waals surface area (Å²) in [4.78, 5) is 24.5. The predicted molar refractivity (Wildman–Crippen MR) is 88.0 cm³/mol. The smallest absolute Gasteiger partial charge is 0.291 e. The van der Waals surface area contributed by atoms with Crippen LogP contribution in [-0.2, 0) is 6.54 Å². The van der Waals surface area contributed by atoms with E-state index >= 15 is 0 Å². The molecule has 2 amide bonds. The second-order valence-electron chi connectivity index (χ2n) is 4.88. The first-order valence-corrected chi connectivity index (χ1v) is 7.46. The van der Waals surface area contributed by atoms with Crippen LogP contribution in [0, 0.1) is 0 Å². The molecule has 0 radical (unpaired) electrons. The van der Waals surface area contributed by atoms with Crippen molar-refractivity contribution >= 4 is 29.1 Å². The van der Waals surface area contributed by atoms with Gasteiger partial charge in [0.25, 0.3) is 11.8 Å². The van der Waals surface area contributed by atoms with E-state index in [0.29, 0.717) is 16.5 Å². The van der Waals surface area contributed by atoms with E-state index in [1.807, 2.05) is 0 Å². The van der Waals surface area contributed by atoms with Crippen molar-refractivity contribution in [2.24, 2.45) is 0 Å². The molecule has 0 atom stereocenters. The van der Waals surface area contributed by atoms with E-state index in [1.54, 1.807) is 30.3 Å². The van der Waals surface area contributed by atoms with E-state index < -0.39 is 5.91 Å². The average Bonchev–Trinajstić information content (AvgIpc) is 3.27. The molecule has 0 aliphatic heterocycles. The van der Waals surface area contributed by atoms with E-state index in [4.69, 9.17) is 20.4 Å². The summed E-state index contributed by atoms with van der Waals surface area (Å²) in [5.41, 5.74) is 0.576. The summed E-state index contributed by atoms with van der Waals surface area (Å²) in [5, 5.41) is 5.73. The van der Waals surface area contributed by atoms with Gasteiger partial charge in [-0.15, -0.1) is 0 Å². The Labute approximate surface area is 142 Å². The molecule has 6 nitrogen and oxygen atoms in total. The number of anilines is 1. The maximum atomic E-state index is 12.4. The van der Waals surface area contributed by atoms with E-state index in [9.17, 15) is 9.59 Å². The Hall–Kier alpha value is -2.99. The standard InChI is InChI=1S/C17H13ClN2O4/c18-11-5-6-14(20-17(22)15-4-2-8-24-15)13(9-11)16(21)19-10-12-3-1-7-23-12/h1-9H,10H2,(H,19,21)(H,20,22). The number of carbonyl (C=O) groups excluding carboxylic acids is 2. The van der Waals surface area contributed by atoms with Crippen molar-refractivity contribution in [3.05, 3.63) is 77.1 Å². The number of hydrogen-bond acceptors (Lipinski definition) is 4. The van der Waals surface area contributed by atoms with Crippen LogP contribution in [0.5, 0.6) is 0 Å². The lowest BCUT2D eigenvalue weighted by atomic mass is 10.1. The second-order valence-corrected chi connectivity index (χ2v) is 5.32. The van der Waals surface area contributed by atoms with Crippen LogP contribution in [0.25, 0.3) is 0 Å². The molecule has 0 aliphatic rings. The Morgan fingerprint density at radius 3 is 2.50 bits per heavy atom. The largest absolute Gasteiger partial charge is 0.467 e. The average molecular weight is 345 g/mol. The molecule has 1 aromatic carbocycles. The molecule has 0 fully saturated rings. The minimum Gasteiger partial charge on any atom is -0.467 e. The zero-order valence-corrected chi connectivity index (χ0v) is 13.2. The number of rotatable bonds is 5. The molecule has 0 aliphatic carbocycles. The van der Waals surface area contributed by atoms with E-state index in [0.717, 1.165) is 0 Å². The Morgan fingerprint density at radius 2 is 1.79 bits per heavy atom. The van der Waals surface area contributed by atoms with Crippen LogP contribution in [0.2, 0.25) is 5.02 Å². The zero-order valence-electron chi connectivity index (χ0n) is 12.4. The Morgan fingerprint density at radius 1 is 1.00 bits per heavy atom. The van der Waals surface area contributed by atoms with Crippen LogP contribution in [0.3, 0.4) is 0 Å². The molecule has 24 heavy (non-hydrogen) atoms. The van der Waals surface area contributed by atoms with E-state index in [-0.39, 0.29) is 23.8 Å². The molecule has 3 rings (SSSR count). The van der Waals surface area contributed by atoms with Gasteiger partial charge >= 0.3 is 0 Å². The maximum absolute atomic E-state index is 12.4. The highest BCUT2D eigenvalue weighted by atomic mass is 35.5. The number of halogens is 1. The number of benzene rings is 1. The zero-order chi connectivity index (χ0) is 16.9. The van der Waals surface area contributed by atoms with Crippen LogP contribution in [0.15, 0.2) is 63.8 Å². The molecule has 2 N–H and O–H groups in total. The van der Waals surface area contributed by atoms with E-state index in [2.05, 4.69) is 10.6 Å². The first-order valence-electron chi connectivity index (χ1n) is 7.08. The quantitative estimate of drug-likeness (QED) is 0.739. The highest BCUT2D eigenvalue weighted by Crippen LogP contribution is 2.22. The Bertz CT molecular complexity index is 842. The van der Waals surface area contributed by atoms with Gasteiger partial charge in [-0.3, -0.25) is 9.59 Å². The highest BCUT2D eigenvalue weighted by Gasteiger charge is 2.16. The van der Waals surface area contributed by atoms with Gasteiger partial charge in [-0.05, 0) is 42.5 Å². The molecule has 0 saturated heterocycles. The number of nitrogens with one attached hydrogen (secondary N) is 2. The summed E-state index contributed by atoms with van der Waals surface area (Å²) in [6.45, 7) is 0.226. The van der Waals surface area contributed by atoms with Crippen LogP contribution < -0.4 is 10.6 Å². The highest BCUT2D eigenvalue weighted by molar-refractivity contribution is 6.31. The van der Waals surface area contributed by atoms with Crippen molar-refractivity contribution in [3.63, 3.8) is 0 Å². The second kappa shape index (κ2) is 7.06. The molecule has 122 valence electrons. The Balaban J connectivity index is 1.77. The summed E-state index contributed by atoms with van der Waals surface area (Å²) in [6.07, 6.45) is 2.92. The minimum atomic E-state index is -0.456. The topological polar surface area (TPSA) is 84.5 Å². The first kappa shape index (κ1) is 15.9. The number of hydrogen-bond donors (Lipinski definition) is 2. The molecule has 2 aromatic heterocycles. The molecule has 7 heteroatoms. The van der Waals surface area contributed by atoms with Crippen LogP contribution >= 0.6 is 11.6 Å². The molecule has 3 aromatic rings. The van der Waals surface area contributed by atoms with Crippen molar-refractivity contribution in [1.82, 2.24) is 5.32 Å². The van der Waals surface area contributed by atoms with Gasteiger partial charge in [-0.25, -0.2) is 0 Å². The predicted octanol–water partition coefficient (Wildman–Crippen LogP) is 3.71. The Kier molecular flexibility index (Phi) is 4.67. The summed E-state index contributed by atoms with van der Waals surface area (Å²) >= 11 is 5.97. The minimum absolute atomic E-state index is 0.145. The molecule has 0 spiro atoms. The van der Waals surface area contributed by atoms with Gasteiger partial charge in [0.15, 0.2) is 5.76 Å². The van der Waals surface area contributed by atoms with Gasteiger partial charge < -0.3 is 19.5 Å². The number of furan rings is 2. The fourth-order valence-electron chi connectivity index (χ4n) is 2.08. The first-order chi connectivity index (χ1) is 11.6. The van der Waals surface area contributed by atoms with Crippen LogP contribution in [-0.4, -0.2) is 11.8 Å². The monoisotopic (exact) mass is 344 g/mol. The maximum Gasteiger partial charge on any atom is 0.291 e. The van der Waals surface area contributed by atoms with Crippen molar-refractivity contribution < 1.29 is 18.4 Å².